The van der Waals surface area contributed by atoms with Crippen molar-refractivity contribution in [3.8, 4) is 0 Å². The van der Waals surface area contributed by atoms with Crippen LogP contribution in [-0.4, -0.2) is 23.5 Å². The van der Waals surface area contributed by atoms with Gasteiger partial charge in [0.25, 0.3) is 0 Å². The lowest BCUT2D eigenvalue weighted by molar-refractivity contribution is 0.169. The molecule has 1 aromatic rings. The highest BCUT2D eigenvalue weighted by molar-refractivity contribution is 5.29. The van der Waals surface area contributed by atoms with E-state index in [4.69, 9.17) is 0 Å². The largest absolute Gasteiger partial charge is 0.428 e. The predicted molar refractivity (Wildman–Crippen MR) is 96.7 cm³/mol. The number of nitrogens with zero attached hydrogens (tertiary/aromatic N) is 1. The van der Waals surface area contributed by atoms with Gasteiger partial charge < -0.3 is 10.5 Å². The number of nitrogens with one attached hydrogen (secondary N) is 1. The van der Waals surface area contributed by atoms with Gasteiger partial charge in [-0.2, -0.15) is 4.73 Å². The van der Waals surface area contributed by atoms with Crippen molar-refractivity contribution in [1.29, 1.82) is 0 Å². The summed E-state index contributed by atoms with van der Waals surface area (Å²) in [5.41, 5.74) is 2.89. The molecule has 0 aliphatic carbocycles. The van der Waals surface area contributed by atoms with Crippen LogP contribution in [0.4, 0.5) is 0 Å². The van der Waals surface area contributed by atoms with Gasteiger partial charge in [-0.05, 0) is 53.6 Å². The Morgan fingerprint density at radius 2 is 1.39 bits per heavy atom. The highest BCUT2D eigenvalue weighted by atomic mass is 16.5. The molecule has 2 N–H and O–H groups in total. The molecule has 1 heterocycles. The molecule has 0 fully saturated rings. The van der Waals surface area contributed by atoms with E-state index in [9.17, 15) is 10.0 Å². The summed E-state index contributed by atoms with van der Waals surface area (Å²) in [5, 5.41) is 13.2. The van der Waals surface area contributed by atoms with Gasteiger partial charge in [0.15, 0.2) is 5.43 Å². The first-order valence-corrected chi connectivity index (χ1v) is 9.06. The van der Waals surface area contributed by atoms with Crippen LogP contribution < -0.4 is 10.7 Å². The first-order valence-electron chi connectivity index (χ1n) is 9.06. The Morgan fingerprint density at radius 1 is 0.870 bits per heavy atom. The van der Waals surface area contributed by atoms with Gasteiger partial charge >= 0.3 is 0 Å². The maximum atomic E-state index is 12.3. The molecule has 0 aliphatic heterocycles. The molecule has 1 rings (SSSR count). The van der Waals surface area contributed by atoms with E-state index < -0.39 is 0 Å². The summed E-state index contributed by atoms with van der Waals surface area (Å²) in [6.07, 6.45) is 10.7. The molecule has 0 bridgehead atoms. The third-order valence-corrected chi connectivity index (χ3v) is 4.83. The second-order valence-corrected chi connectivity index (χ2v) is 6.60. The molecule has 0 radical (unpaired) electrons. The van der Waals surface area contributed by atoms with Crippen molar-refractivity contribution in [3.63, 3.8) is 0 Å². The summed E-state index contributed by atoms with van der Waals surface area (Å²) < 4.78 is 1.16. The van der Waals surface area contributed by atoms with Crippen LogP contribution in [0.25, 0.3) is 0 Å². The predicted octanol–water partition coefficient (Wildman–Crippen LogP) is 3.89. The molecule has 132 valence electrons. The molecule has 23 heavy (non-hydrogen) atoms. The zero-order valence-electron chi connectivity index (χ0n) is 15.4. The minimum atomic E-state index is 0.106. The number of rotatable bonds is 11. The van der Waals surface area contributed by atoms with Crippen molar-refractivity contribution in [3.05, 3.63) is 32.7 Å². The number of pyridine rings is 1. The van der Waals surface area contributed by atoms with Gasteiger partial charge in [-0.1, -0.05) is 38.5 Å². The first-order chi connectivity index (χ1) is 11.0. The van der Waals surface area contributed by atoms with Crippen molar-refractivity contribution < 1.29 is 5.21 Å². The maximum Gasteiger partial charge on any atom is 0.188 e. The fourth-order valence-corrected chi connectivity index (χ4v) is 3.05. The molecule has 0 aromatic carbocycles. The summed E-state index contributed by atoms with van der Waals surface area (Å²) in [6.45, 7) is 6.53. The van der Waals surface area contributed by atoms with Gasteiger partial charge in [0, 0.05) is 11.1 Å². The summed E-state index contributed by atoms with van der Waals surface area (Å²) >= 11 is 0. The van der Waals surface area contributed by atoms with Crippen LogP contribution in [0.2, 0.25) is 0 Å². The molecule has 0 amide bonds. The zero-order valence-corrected chi connectivity index (χ0v) is 15.4. The number of aromatic nitrogens is 1. The molecule has 1 aromatic heterocycles. The second kappa shape index (κ2) is 10.5. The normalized spacial score (nSPS) is 11.1. The number of hydrogen-bond acceptors (Lipinski definition) is 3. The van der Waals surface area contributed by atoms with Crippen LogP contribution in [0.15, 0.2) is 4.79 Å². The molecule has 4 heteroatoms. The van der Waals surface area contributed by atoms with Gasteiger partial charge in [0.05, 0.1) is 11.4 Å². The van der Waals surface area contributed by atoms with Crippen LogP contribution >= 0.6 is 0 Å². The van der Waals surface area contributed by atoms with Crippen molar-refractivity contribution in [2.75, 3.05) is 13.6 Å². The van der Waals surface area contributed by atoms with Gasteiger partial charge in [0.1, 0.15) is 0 Å². The monoisotopic (exact) mass is 322 g/mol. The summed E-state index contributed by atoms with van der Waals surface area (Å²) in [4.78, 5) is 12.3. The van der Waals surface area contributed by atoms with Crippen LogP contribution in [0.5, 0.6) is 0 Å². The quantitative estimate of drug-likeness (QED) is 0.480. The molecule has 0 aliphatic rings. The van der Waals surface area contributed by atoms with Crippen molar-refractivity contribution in [1.82, 2.24) is 10.0 Å². The van der Waals surface area contributed by atoms with E-state index in [1.54, 1.807) is 13.8 Å². The topological polar surface area (TPSA) is 54.3 Å². The Bertz CT molecular complexity index is 535. The van der Waals surface area contributed by atoms with Crippen molar-refractivity contribution in [2.45, 2.75) is 78.6 Å². The van der Waals surface area contributed by atoms with Gasteiger partial charge in [-0.3, -0.25) is 4.79 Å². The average Bonchev–Trinajstić information content (AvgIpc) is 2.55. The Labute approximate surface area is 140 Å². The van der Waals surface area contributed by atoms with E-state index in [2.05, 4.69) is 5.32 Å². The van der Waals surface area contributed by atoms with E-state index >= 15 is 0 Å². The SMILES string of the molecule is CNCCCCCCCCCCc1c(C)n(O)c(C)c(C)c1=O. The lowest BCUT2D eigenvalue weighted by Crippen LogP contribution is -2.22. The van der Waals surface area contributed by atoms with Crippen molar-refractivity contribution >= 4 is 0 Å². The van der Waals surface area contributed by atoms with Crippen LogP contribution in [0.1, 0.15) is 73.9 Å². The third kappa shape index (κ3) is 6.02. The maximum absolute atomic E-state index is 12.3. The first kappa shape index (κ1) is 19.8. The smallest absolute Gasteiger partial charge is 0.188 e. The second-order valence-electron chi connectivity index (χ2n) is 6.60. The highest BCUT2D eigenvalue weighted by Gasteiger charge is 2.13. The lowest BCUT2D eigenvalue weighted by Gasteiger charge is -2.14. The molecule has 0 spiro atoms. The van der Waals surface area contributed by atoms with Gasteiger partial charge in [-0.25, -0.2) is 0 Å². The van der Waals surface area contributed by atoms with Crippen LogP contribution in [0, 0.1) is 20.8 Å². The fourth-order valence-electron chi connectivity index (χ4n) is 3.05. The molecular formula is C19H34N2O2. The summed E-state index contributed by atoms with van der Waals surface area (Å²) in [5.74, 6) is 0. The van der Waals surface area contributed by atoms with E-state index in [0.717, 1.165) is 36.1 Å². The standard InChI is InChI=1S/C19H34N2O2/c1-15-16(2)21(23)17(3)18(19(15)22)13-11-9-7-5-6-8-10-12-14-20-4/h20,23H,5-14H2,1-4H3. The van der Waals surface area contributed by atoms with E-state index in [1.165, 1.54) is 38.5 Å². The number of hydrogen-bond donors (Lipinski definition) is 2. The van der Waals surface area contributed by atoms with Crippen LogP contribution in [-0.2, 0) is 6.42 Å². The molecule has 0 unspecified atom stereocenters. The Morgan fingerprint density at radius 3 is 1.96 bits per heavy atom. The average molecular weight is 322 g/mol. The lowest BCUT2D eigenvalue weighted by atomic mass is 10.0. The van der Waals surface area contributed by atoms with Gasteiger partial charge in [0.2, 0.25) is 0 Å². The Balaban J connectivity index is 2.28. The molecular weight excluding hydrogens is 288 g/mol. The number of unbranched alkanes of at least 4 members (excludes halogenated alkanes) is 7. The highest BCUT2D eigenvalue weighted by Crippen LogP contribution is 2.14. The Kier molecular flexibility index (Phi) is 9.00. The van der Waals surface area contributed by atoms with Gasteiger partial charge in [-0.15, -0.1) is 0 Å². The minimum absolute atomic E-state index is 0.106. The van der Waals surface area contributed by atoms with Crippen molar-refractivity contribution in [2.24, 2.45) is 0 Å². The zero-order chi connectivity index (χ0) is 17.2. The third-order valence-electron chi connectivity index (χ3n) is 4.83. The molecule has 0 saturated heterocycles. The van der Waals surface area contributed by atoms with E-state index in [0.29, 0.717) is 17.0 Å². The Hall–Kier alpha value is -1.29. The van der Waals surface area contributed by atoms with Crippen LogP contribution in [0.3, 0.4) is 0 Å². The van der Waals surface area contributed by atoms with E-state index in [1.807, 2.05) is 14.0 Å². The molecule has 0 saturated carbocycles. The fraction of sp³-hybridized carbons (Fsp3) is 0.737. The van der Waals surface area contributed by atoms with E-state index in [-0.39, 0.29) is 5.43 Å². The molecule has 4 nitrogen and oxygen atoms in total. The molecule has 0 atom stereocenters. The summed E-state index contributed by atoms with van der Waals surface area (Å²) in [7, 11) is 2.00. The minimum Gasteiger partial charge on any atom is -0.428 e. The summed E-state index contributed by atoms with van der Waals surface area (Å²) in [6, 6.07) is 0.